The molecule has 0 aliphatic heterocycles. The normalized spacial score (nSPS) is 23.0. The van der Waals surface area contributed by atoms with Crippen LogP contribution < -0.4 is 5.32 Å². The number of aromatic amines is 1. The summed E-state index contributed by atoms with van der Waals surface area (Å²) < 4.78 is 0. The van der Waals surface area contributed by atoms with Crippen LogP contribution in [0.5, 0.6) is 0 Å². The van der Waals surface area contributed by atoms with Crippen LogP contribution in [0.15, 0.2) is 6.33 Å². The number of rotatable bonds is 5. The quantitative estimate of drug-likeness (QED) is 0.820. The van der Waals surface area contributed by atoms with Crippen molar-refractivity contribution in [3.63, 3.8) is 0 Å². The third-order valence-electron chi connectivity index (χ3n) is 4.68. The fourth-order valence-corrected chi connectivity index (χ4v) is 3.18. The molecule has 1 aromatic rings. The van der Waals surface area contributed by atoms with Gasteiger partial charge in [-0.05, 0) is 43.4 Å². The van der Waals surface area contributed by atoms with Gasteiger partial charge in [0.25, 0.3) is 0 Å². The number of hydrogen-bond acceptors (Lipinski definition) is 3. The molecule has 0 bridgehead atoms. The molecule has 1 saturated carbocycles. The number of nitrogens with one attached hydrogen (secondary N) is 2. The van der Waals surface area contributed by atoms with Crippen LogP contribution in [-0.4, -0.2) is 27.6 Å². The van der Waals surface area contributed by atoms with Crippen LogP contribution in [0.3, 0.4) is 0 Å². The Morgan fingerprint density at radius 2 is 2.05 bits per heavy atom. The number of amides is 1. The Labute approximate surface area is 127 Å². The van der Waals surface area contributed by atoms with E-state index in [0.29, 0.717) is 5.41 Å². The summed E-state index contributed by atoms with van der Waals surface area (Å²) in [6.07, 6.45) is 7.68. The van der Waals surface area contributed by atoms with Crippen molar-refractivity contribution in [3.8, 4) is 0 Å². The fourth-order valence-electron chi connectivity index (χ4n) is 3.18. The van der Waals surface area contributed by atoms with Gasteiger partial charge in [0.2, 0.25) is 5.91 Å². The maximum atomic E-state index is 12.2. The highest BCUT2D eigenvalue weighted by atomic mass is 16.1. The zero-order valence-corrected chi connectivity index (χ0v) is 13.5. The van der Waals surface area contributed by atoms with Crippen LogP contribution >= 0.6 is 0 Å². The molecule has 1 heterocycles. The molecule has 1 aliphatic rings. The third-order valence-corrected chi connectivity index (χ3v) is 4.68. The number of carbonyl (C=O) groups is 1. The van der Waals surface area contributed by atoms with Gasteiger partial charge in [-0.2, -0.15) is 5.10 Å². The molecule has 0 radical (unpaired) electrons. The predicted molar refractivity (Wildman–Crippen MR) is 82.6 cm³/mol. The third kappa shape index (κ3) is 4.83. The van der Waals surface area contributed by atoms with Crippen LogP contribution in [0.4, 0.5) is 0 Å². The zero-order chi connectivity index (χ0) is 15.3. The van der Waals surface area contributed by atoms with Crippen molar-refractivity contribution in [3.05, 3.63) is 12.2 Å². The summed E-state index contributed by atoms with van der Waals surface area (Å²) in [6.45, 7) is 7.64. The minimum absolute atomic E-state index is 0.217. The molecule has 118 valence electrons. The summed E-state index contributed by atoms with van der Waals surface area (Å²) in [4.78, 5) is 16.2. The summed E-state index contributed by atoms with van der Waals surface area (Å²) >= 11 is 0. The van der Waals surface area contributed by atoms with E-state index >= 15 is 0 Å². The van der Waals surface area contributed by atoms with Crippen LogP contribution in [-0.2, 0) is 11.2 Å². The van der Waals surface area contributed by atoms with Gasteiger partial charge in [0, 0.05) is 18.9 Å². The number of nitrogens with zero attached hydrogens (tertiary/aromatic N) is 2. The Hall–Kier alpha value is -1.39. The monoisotopic (exact) mass is 292 g/mol. The Bertz CT molecular complexity index is 428. The van der Waals surface area contributed by atoms with E-state index in [0.717, 1.165) is 44.0 Å². The first kappa shape index (κ1) is 16.0. The van der Waals surface area contributed by atoms with Gasteiger partial charge in [0.05, 0.1) is 0 Å². The lowest BCUT2D eigenvalue weighted by Crippen LogP contribution is -2.35. The molecule has 0 saturated heterocycles. The number of aryl methyl sites for hydroxylation is 1. The van der Waals surface area contributed by atoms with Gasteiger partial charge < -0.3 is 5.32 Å². The lowest BCUT2D eigenvalue weighted by Gasteiger charge is -2.36. The molecule has 1 aliphatic carbocycles. The minimum atomic E-state index is 0.217. The Balaban J connectivity index is 1.63. The van der Waals surface area contributed by atoms with Crippen molar-refractivity contribution in [2.24, 2.45) is 17.3 Å². The van der Waals surface area contributed by atoms with Gasteiger partial charge in [0.1, 0.15) is 12.2 Å². The zero-order valence-electron chi connectivity index (χ0n) is 13.5. The highest BCUT2D eigenvalue weighted by molar-refractivity contribution is 5.78. The summed E-state index contributed by atoms with van der Waals surface area (Å²) in [6, 6.07) is 0. The molecule has 2 rings (SSSR count). The van der Waals surface area contributed by atoms with Crippen molar-refractivity contribution >= 4 is 5.91 Å². The summed E-state index contributed by atoms with van der Waals surface area (Å²) in [7, 11) is 0. The van der Waals surface area contributed by atoms with Crippen LogP contribution in [0.25, 0.3) is 0 Å². The summed E-state index contributed by atoms with van der Waals surface area (Å²) in [5.74, 6) is 2.09. The highest BCUT2D eigenvalue weighted by Gasteiger charge is 2.32. The second-order valence-corrected chi connectivity index (χ2v) is 7.24. The number of H-pyrrole nitrogens is 1. The lowest BCUT2D eigenvalue weighted by molar-refractivity contribution is -0.126. The standard InChI is InChI=1S/C16H28N4O/c1-16(2,3)13-8-6-12(7-9-13)15(21)17-10-4-5-14-18-11-19-20-14/h11-13H,4-10H2,1-3H3,(H,17,21)(H,18,19,20). The first-order valence-corrected chi connectivity index (χ1v) is 8.09. The highest BCUT2D eigenvalue weighted by Crippen LogP contribution is 2.39. The average Bonchev–Trinajstić information content (AvgIpc) is 2.96. The van der Waals surface area contributed by atoms with E-state index in [4.69, 9.17) is 0 Å². The molecule has 1 fully saturated rings. The topological polar surface area (TPSA) is 70.7 Å². The second-order valence-electron chi connectivity index (χ2n) is 7.24. The van der Waals surface area contributed by atoms with Gasteiger partial charge in [0.15, 0.2) is 0 Å². The van der Waals surface area contributed by atoms with Crippen LogP contribution in [0.1, 0.15) is 58.7 Å². The molecule has 21 heavy (non-hydrogen) atoms. The Morgan fingerprint density at radius 1 is 1.33 bits per heavy atom. The van der Waals surface area contributed by atoms with E-state index in [1.54, 1.807) is 0 Å². The van der Waals surface area contributed by atoms with E-state index < -0.39 is 0 Å². The van der Waals surface area contributed by atoms with Crippen molar-refractivity contribution in [2.75, 3.05) is 6.54 Å². The van der Waals surface area contributed by atoms with Crippen molar-refractivity contribution in [2.45, 2.75) is 59.3 Å². The maximum Gasteiger partial charge on any atom is 0.223 e. The first-order chi connectivity index (χ1) is 9.97. The number of carbonyl (C=O) groups excluding carboxylic acids is 1. The molecule has 1 amide bonds. The summed E-state index contributed by atoms with van der Waals surface area (Å²) in [5, 5.41) is 9.71. The van der Waals surface area contributed by atoms with E-state index in [9.17, 15) is 4.79 Å². The van der Waals surface area contributed by atoms with E-state index in [1.165, 1.54) is 19.2 Å². The molecular formula is C16H28N4O. The predicted octanol–water partition coefficient (Wildman–Crippen LogP) is 2.71. The molecule has 2 N–H and O–H groups in total. The van der Waals surface area contributed by atoms with Gasteiger partial charge >= 0.3 is 0 Å². The van der Waals surface area contributed by atoms with Crippen LogP contribution in [0.2, 0.25) is 0 Å². The number of aromatic nitrogens is 3. The van der Waals surface area contributed by atoms with Crippen molar-refractivity contribution in [1.29, 1.82) is 0 Å². The van der Waals surface area contributed by atoms with Gasteiger partial charge in [-0.3, -0.25) is 9.89 Å². The Morgan fingerprint density at radius 3 is 2.62 bits per heavy atom. The van der Waals surface area contributed by atoms with Gasteiger partial charge in [-0.15, -0.1) is 0 Å². The molecule has 5 nitrogen and oxygen atoms in total. The average molecular weight is 292 g/mol. The van der Waals surface area contributed by atoms with Gasteiger partial charge in [-0.1, -0.05) is 20.8 Å². The molecule has 0 unspecified atom stereocenters. The van der Waals surface area contributed by atoms with Crippen molar-refractivity contribution < 1.29 is 4.79 Å². The second kappa shape index (κ2) is 7.05. The van der Waals surface area contributed by atoms with E-state index in [1.807, 2.05) is 0 Å². The molecule has 0 aromatic carbocycles. The maximum absolute atomic E-state index is 12.2. The molecular weight excluding hydrogens is 264 g/mol. The molecule has 0 atom stereocenters. The summed E-state index contributed by atoms with van der Waals surface area (Å²) in [5.41, 5.74) is 0.374. The molecule has 0 spiro atoms. The molecule has 5 heteroatoms. The van der Waals surface area contributed by atoms with Gasteiger partial charge in [-0.25, -0.2) is 4.98 Å². The smallest absolute Gasteiger partial charge is 0.223 e. The molecule has 1 aromatic heterocycles. The SMILES string of the molecule is CC(C)(C)C1CCC(C(=O)NCCCc2ncn[nH]2)CC1. The lowest BCUT2D eigenvalue weighted by atomic mass is 9.69. The minimum Gasteiger partial charge on any atom is -0.356 e. The van der Waals surface area contributed by atoms with E-state index in [-0.39, 0.29) is 11.8 Å². The van der Waals surface area contributed by atoms with E-state index in [2.05, 4.69) is 41.3 Å². The van der Waals surface area contributed by atoms with Crippen LogP contribution in [0, 0.1) is 17.3 Å². The fraction of sp³-hybridized carbons (Fsp3) is 0.812. The number of hydrogen-bond donors (Lipinski definition) is 2. The van der Waals surface area contributed by atoms with Crippen molar-refractivity contribution in [1.82, 2.24) is 20.5 Å². The largest absolute Gasteiger partial charge is 0.356 e. The Kier molecular flexibility index (Phi) is 5.37. The first-order valence-electron chi connectivity index (χ1n) is 8.09.